The molecule has 9 heteroatoms. The molecule has 1 N–H and O–H groups in total. The molecule has 36 heavy (non-hydrogen) atoms. The van der Waals surface area contributed by atoms with Gasteiger partial charge in [-0.25, -0.2) is 19.3 Å². The number of amides is 1. The number of carbonyl (C=O) groups is 1. The van der Waals surface area contributed by atoms with Gasteiger partial charge in [0.1, 0.15) is 12.1 Å². The standard InChI is InChI=1S/C27H25N7O2/c1-17-18(2)32-34(19(17)3)25-14-26(29-16-28-25)36-23-12-10-21(11-13-23)31-27(35)24-15-30-33(20(24)4)22-8-6-5-7-9-22/h5-16H,1-4H3,(H,31,35). The number of aryl methyl sites for hydroxylation is 1. The molecule has 3 aromatic heterocycles. The van der Waals surface area contributed by atoms with E-state index in [0.717, 1.165) is 28.3 Å². The lowest BCUT2D eigenvalue weighted by Gasteiger charge is -2.09. The molecule has 5 rings (SSSR count). The maximum absolute atomic E-state index is 12.9. The molecule has 0 bridgehead atoms. The van der Waals surface area contributed by atoms with Crippen LogP contribution in [0.3, 0.4) is 0 Å². The van der Waals surface area contributed by atoms with Crippen LogP contribution in [0, 0.1) is 27.7 Å². The van der Waals surface area contributed by atoms with Crippen molar-refractivity contribution >= 4 is 11.6 Å². The summed E-state index contributed by atoms with van der Waals surface area (Å²) in [5.41, 5.74) is 5.90. The van der Waals surface area contributed by atoms with E-state index in [1.165, 1.54) is 6.33 Å². The van der Waals surface area contributed by atoms with Crippen LogP contribution in [-0.2, 0) is 0 Å². The fraction of sp³-hybridized carbons (Fsp3) is 0.148. The SMILES string of the molecule is Cc1nn(-c2cc(Oc3ccc(NC(=O)c4cnn(-c5ccccc5)c4C)cc3)ncn2)c(C)c1C. The summed E-state index contributed by atoms with van der Waals surface area (Å²) in [6.07, 6.45) is 3.02. The summed E-state index contributed by atoms with van der Waals surface area (Å²) in [6, 6.07) is 18.5. The number of hydrogen-bond donors (Lipinski definition) is 1. The topological polar surface area (TPSA) is 99.8 Å². The Morgan fingerprint density at radius 1 is 0.889 bits per heavy atom. The van der Waals surface area contributed by atoms with Crippen LogP contribution in [-0.4, -0.2) is 35.4 Å². The normalized spacial score (nSPS) is 10.9. The second-order valence-corrected chi connectivity index (χ2v) is 8.39. The number of hydrogen-bond acceptors (Lipinski definition) is 6. The highest BCUT2D eigenvalue weighted by Gasteiger charge is 2.16. The van der Waals surface area contributed by atoms with Gasteiger partial charge in [0, 0.05) is 17.4 Å². The minimum Gasteiger partial charge on any atom is -0.439 e. The van der Waals surface area contributed by atoms with Crippen LogP contribution < -0.4 is 10.1 Å². The van der Waals surface area contributed by atoms with Gasteiger partial charge in [-0.1, -0.05) is 18.2 Å². The summed E-state index contributed by atoms with van der Waals surface area (Å²) in [5, 5.41) is 11.8. The number of benzene rings is 2. The van der Waals surface area contributed by atoms with Gasteiger partial charge in [0.05, 0.1) is 28.8 Å². The highest BCUT2D eigenvalue weighted by molar-refractivity contribution is 6.05. The molecule has 5 aromatic rings. The highest BCUT2D eigenvalue weighted by atomic mass is 16.5. The van der Waals surface area contributed by atoms with Crippen molar-refractivity contribution in [3.8, 4) is 23.1 Å². The third-order valence-corrected chi connectivity index (χ3v) is 6.09. The van der Waals surface area contributed by atoms with Crippen molar-refractivity contribution in [3.63, 3.8) is 0 Å². The third-order valence-electron chi connectivity index (χ3n) is 6.09. The van der Waals surface area contributed by atoms with Gasteiger partial charge in [0.25, 0.3) is 5.91 Å². The number of ether oxygens (including phenoxy) is 1. The van der Waals surface area contributed by atoms with Crippen molar-refractivity contribution in [2.45, 2.75) is 27.7 Å². The molecule has 180 valence electrons. The zero-order valence-corrected chi connectivity index (χ0v) is 20.4. The number of rotatable bonds is 6. The van der Waals surface area contributed by atoms with E-state index in [0.29, 0.717) is 28.7 Å². The Bertz CT molecular complexity index is 1540. The van der Waals surface area contributed by atoms with E-state index in [9.17, 15) is 4.79 Å². The summed E-state index contributed by atoms with van der Waals surface area (Å²) in [5.74, 6) is 1.37. The van der Waals surface area contributed by atoms with Gasteiger partial charge in [0.15, 0.2) is 5.82 Å². The molecular weight excluding hydrogens is 454 g/mol. The van der Waals surface area contributed by atoms with E-state index < -0.39 is 0 Å². The largest absolute Gasteiger partial charge is 0.439 e. The van der Waals surface area contributed by atoms with Crippen molar-refractivity contribution < 1.29 is 9.53 Å². The Labute approximate surface area is 208 Å². The summed E-state index contributed by atoms with van der Waals surface area (Å²) in [7, 11) is 0. The summed E-state index contributed by atoms with van der Waals surface area (Å²) in [4.78, 5) is 21.4. The van der Waals surface area contributed by atoms with Crippen LogP contribution in [0.25, 0.3) is 11.5 Å². The lowest BCUT2D eigenvalue weighted by atomic mass is 10.2. The van der Waals surface area contributed by atoms with E-state index in [2.05, 4.69) is 25.5 Å². The molecule has 9 nitrogen and oxygen atoms in total. The Morgan fingerprint density at radius 3 is 2.33 bits per heavy atom. The zero-order valence-electron chi connectivity index (χ0n) is 20.4. The number of nitrogens with one attached hydrogen (secondary N) is 1. The molecule has 0 saturated carbocycles. The van der Waals surface area contributed by atoms with Crippen molar-refractivity contribution in [1.29, 1.82) is 0 Å². The van der Waals surface area contributed by atoms with Crippen molar-refractivity contribution in [2.75, 3.05) is 5.32 Å². The van der Waals surface area contributed by atoms with Gasteiger partial charge in [-0.05, 0) is 69.7 Å². The Morgan fingerprint density at radius 2 is 1.64 bits per heavy atom. The summed E-state index contributed by atoms with van der Waals surface area (Å²) >= 11 is 0. The summed E-state index contributed by atoms with van der Waals surface area (Å²) in [6.45, 7) is 7.87. The van der Waals surface area contributed by atoms with Crippen LogP contribution in [0.15, 0.2) is 73.2 Å². The predicted octanol–water partition coefficient (Wildman–Crippen LogP) is 5.13. The average Bonchev–Trinajstić information content (AvgIpc) is 3.40. The number of carbonyl (C=O) groups excluding carboxylic acids is 1. The van der Waals surface area contributed by atoms with E-state index in [1.54, 1.807) is 45.9 Å². The van der Waals surface area contributed by atoms with Gasteiger partial charge in [-0.3, -0.25) is 4.79 Å². The first-order valence-corrected chi connectivity index (χ1v) is 11.5. The van der Waals surface area contributed by atoms with Crippen molar-refractivity contribution in [3.05, 3.63) is 101 Å². The Kier molecular flexibility index (Phi) is 6.03. The molecule has 0 saturated heterocycles. The highest BCUT2D eigenvalue weighted by Crippen LogP contribution is 2.24. The number of nitrogens with zero attached hydrogens (tertiary/aromatic N) is 6. The Hall–Kier alpha value is -4.79. The van der Waals surface area contributed by atoms with Gasteiger partial charge in [0.2, 0.25) is 5.88 Å². The fourth-order valence-electron chi connectivity index (χ4n) is 3.83. The molecule has 0 fully saturated rings. The monoisotopic (exact) mass is 479 g/mol. The summed E-state index contributed by atoms with van der Waals surface area (Å²) < 4.78 is 9.44. The molecular formula is C27H25N7O2. The molecule has 3 heterocycles. The van der Waals surface area contributed by atoms with E-state index in [-0.39, 0.29) is 5.91 Å². The molecule has 1 amide bonds. The Balaban J connectivity index is 1.28. The molecule has 0 aliphatic carbocycles. The lowest BCUT2D eigenvalue weighted by Crippen LogP contribution is -2.13. The van der Waals surface area contributed by atoms with E-state index >= 15 is 0 Å². The molecule has 0 atom stereocenters. The maximum atomic E-state index is 12.9. The minimum absolute atomic E-state index is 0.232. The van der Waals surface area contributed by atoms with Crippen LogP contribution in [0.2, 0.25) is 0 Å². The molecule has 0 radical (unpaired) electrons. The maximum Gasteiger partial charge on any atom is 0.259 e. The van der Waals surface area contributed by atoms with Gasteiger partial charge in [-0.2, -0.15) is 10.2 Å². The van der Waals surface area contributed by atoms with E-state index in [1.807, 2.05) is 58.0 Å². The minimum atomic E-state index is -0.232. The number of anilines is 1. The first-order valence-electron chi connectivity index (χ1n) is 11.5. The van der Waals surface area contributed by atoms with Crippen LogP contribution >= 0.6 is 0 Å². The smallest absolute Gasteiger partial charge is 0.259 e. The second-order valence-electron chi connectivity index (χ2n) is 8.39. The third kappa shape index (κ3) is 4.46. The van der Waals surface area contributed by atoms with Crippen molar-refractivity contribution in [1.82, 2.24) is 29.5 Å². The molecule has 2 aromatic carbocycles. The fourth-order valence-corrected chi connectivity index (χ4v) is 3.83. The quantitative estimate of drug-likeness (QED) is 0.363. The number of para-hydroxylation sites is 1. The lowest BCUT2D eigenvalue weighted by molar-refractivity contribution is 0.102. The second kappa shape index (κ2) is 9.46. The van der Waals surface area contributed by atoms with Gasteiger partial charge < -0.3 is 10.1 Å². The molecule has 0 aliphatic rings. The van der Waals surface area contributed by atoms with Crippen LogP contribution in [0.5, 0.6) is 11.6 Å². The first kappa shape index (κ1) is 23.0. The number of aromatic nitrogens is 6. The van der Waals surface area contributed by atoms with Crippen LogP contribution in [0.4, 0.5) is 5.69 Å². The zero-order chi connectivity index (χ0) is 25.2. The molecule has 0 aliphatic heterocycles. The van der Waals surface area contributed by atoms with Crippen molar-refractivity contribution in [2.24, 2.45) is 0 Å². The molecule has 0 unspecified atom stereocenters. The average molecular weight is 480 g/mol. The van der Waals surface area contributed by atoms with Crippen LogP contribution in [0.1, 0.15) is 33.0 Å². The molecule has 0 spiro atoms. The first-order chi connectivity index (χ1) is 17.4. The van der Waals surface area contributed by atoms with Gasteiger partial charge >= 0.3 is 0 Å². The van der Waals surface area contributed by atoms with E-state index in [4.69, 9.17) is 4.74 Å². The van der Waals surface area contributed by atoms with Gasteiger partial charge in [-0.15, -0.1) is 0 Å². The predicted molar refractivity (Wildman–Crippen MR) is 136 cm³/mol.